The zero-order chi connectivity index (χ0) is 10.8. The minimum atomic E-state index is 0.306. The summed E-state index contributed by atoms with van der Waals surface area (Å²) >= 11 is 0. The van der Waals surface area contributed by atoms with Gasteiger partial charge < -0.3 is 9.47 Å². The third-order valence-corrected chi connectivity index (χ3v) is 3.29. The normalized spacial score (nSPS) is 31.1. The molecule has 0 aromatic heterocycles. The SMILES string of the molecule is C1=CC2OC1CC2COCc1ccccc1. The van der Waals surface area contributed by atoms with Crippen LogP contribution in [0.25, 0.3) is 0 Å². The molecule has 3 unspecified atom stereocenters. The van der Waals surface area contributed by atoms with Gasteiger partial charge in [0.05, 0.1) is 25.4 Å². The van der Waals surface area contributed by atoms with E-state index in [0.29, 0.717) is 24.7 Å². The largest absolute Gasteiger partial charge is 0.376 e. The first-order chi connectivity index (χ1) is 7.92. The van der Waals surface area contributed by atoms with Gasteiger partial charge in [-0.2, -0.15) is 0 Å². The Labute approximate surface area is 95.9 Å². The molecule has 1 aromatic carbocycles. The predicted molar refractivity (Wildman–Crippen MR) is 62.0 cm³/mol. The third kappa shape index (κ3) is 2.04. The van der Waals surface area contributed by atoms with Gasteiger partial charge >= 0.3 is 0 Å². The average molecular weight is 216 g/mol. The highest BCUT2D eigenvalue weighted by molar-refractivity contribution is 5.13. The first-order valence-electron chi connectivity index (χ1n) is 5.87. The highest BCUT2D eigenvalue weighted by atomic mass is 16.5. The Bertz CT molecular complexity index is 372. The van der Waals surface area contributed by atoms with Crippen LogP contribution in [0.1, 0.15) is 12.0 Å². The zero-order valence-electron chi connectivity index (χ0n) is 9.21. The fourth-order valence-corrected chi connectivity index (χ4v) is 2.43. The second-order valence-corrected chi connectivity index (χ2v) is 4.52. The standard InChI is InChI=1S/C14H16O2/c1-2-4-11(5-3-1)9-15-10-12-8-13-6-7-14(12)16-13/h1-7,12-14H,8-10H2. The van der Waals surface area contributed by atoms with Crippen molar-refractivity contribution in [3.63, 3.8) is 0 Å². The van der Waals surface area contributed by atoms with Gasteiger partial charge in [0, 0.05) is 5.92 Å². The Morgan fingerprint density at radius 3 is 2.75 bits per heavy atom. The summed E-state index contributed by atoms with van der Waals surface area (Å²) in [5.41, 5.74) is 1.24. The molecule has 0 spiro atoms. The molecule has 3 rings (SSSR count). The number of rotatable bonds is 4. The van der Waals surface area contributed by atoms with Crippen molar-refractivity contribution in [1.82, 2.24) is 0 Å². The molecule has 1 fully saturated rings. The van der Waals surface area contributed by atoms with Gasteiger partial charge in [0.15, 0.2) is 0 Å². The quantitative estimate of drug-likeness (QED) is 0.720. The molecule has 0 N–H and O–H groups in total. The second kappa shape index (κ2) is 4.40. The molecule has 0 amide bonds. The van der Waals surface area contributed by atoms with Crippen molar-refractivity contribution in [2.45, 2.75) is 25.2 Å². The Hall–Kier alpha value is -1.12. The maximum atomic E-state index is 5.74. The molecule has 2 heterocycles. The summed E-state index contributed by atoms with van der Waals surface area (Å²) in [5.74, 6) is 0.554. The molecule has 1 saturated heterocycles. The summed E-state index contributed by atoms with van der Waals surface area (Å²) in [6.45, 7) is 1.51. The van der Waals surface area contributed by atoms with Crippen molar-refractivity contribution in [3.8, 4) is 0 Å². The number of fused-ring (bicyclic) bond motifs is 2. The molecule has 0 aliphatic carbocycles. The Kier molecular flexibility index (Phi) is 2.77. The molecule has 16 heavy (non-hydrogen) atoms. The molecular weight excluding hydrogens is 200 g/mol. The summed E-state index contributed by atoms with van der Waals surface area (Å²) in [7, 11) is 0. The van der Waals surface area contributed by atoms with E-state index in [4.69, 9.17) is 9.47 Å². The monoisotopic (exact) mass is 216 g/mol. The highest BCUT2D eigenvalue weighted by Gasteiger charge is 2.36. The van der Waals surface area contributed by atoms with Gasteiger partial charge in [-0.3, -0.25) is 0 Å². The van der Waals surface area contributed by atoms with Crippen molar-refractivity contribution >= 4 is 0 Å². The first-order valence-corrected chi connectivity index (χ1v) is 5.87. The zero-order valence-corrected chi connectivity index (χ0v) is 9.21. The molecule has 84 valence electrons. The molecule has 2 nitrogen and oxygen atoms in total. The van der Waals surface area contributed by atoms with E-state index in [9.17, 15) is 0 Å². The Balaban J connectivity index is 1.46. The molecule has 2 bridgehead atoms. The molecule has 1 aromatic rings. The van der Waals surface area contributed by atoms with Crippen LogP contribution in [0.15, 0.2) is 42.5 Å². The average Bonchev–Trinajstić information content (AvgIpc) is 2.92. The van der Waals surface area contributed by atoms with E-state index < -0.39 is 0 Å². The van der Waals surface area contributed by atoms with Crippen LogP contribution in [0.2, 0.25) is 0 Å². The summed E-state index contributed by atoms with van der Waals surface area (Å²) in [6.07, 6.45) is 6.12. The van der Waals surface area contributed by atoms with Crippen LogP contribution in [-0.4, -0.2) is 18.8 Å². The Morgan fingerprint density at radius 1 is 1.19 bits per heavy atom. The summed E-state index contributed by atoms with van der Waals surface area (Å²) in [5, 5.41) is 0. The number of ether oxygens (including phenoxy) is 2. The van der Waals surface area contributed by atoms with Crippen LogP contribution < -0.4 is 0 Å². The lowest BCUT2D eigenvalue weighted by Crippen LogP contribution is -2.18. The lowest BCUT2D eigenvalue weighted by Gasteiger charge is -2.15. The maximum absolute atomic E-state index is 5.74. The van der Waals surface area contributed by atoms with Crippen LogP contribution in [0, 0.1) is 5.92 Å². The number of hydrogen-bond donors (Lipinski definition) is 0. The summed E-state index contributed by atoms with van der Waals surface area (Å²) < 4.78 is 11.4. The highest BCUT2D eigenvalue weighted by Crippen LogP contribution is 2.33. The van der Waals surface area contributed by atoms with E-state index in [0.717, 1.165) is 13.0 Å². The van der Waals surface area contributed by atoms with E-state index >= 15 is 0 Å². The minimum absolute atomic E-state index is 0.306. The molecule has 0 radical (unpaired) electrons. The molecule has 2 aliphatic heterocycles. The van der Waals surface area contributed by atoms with Crippen molar-refractivity contribution in [3.05, 3.63) is 48.0 Å². The summed E-state index contributed by atoms with van der Waals surface area (Å²) in [6, 6.07) is 10.3. The van der Waals surface area contributed by atoms with Gasteiger partial charge in [0.1, 0.15) is 0 Å². The molecule has 2 heteroatoms. The number of benzene rings is 1. The van der Waals surface area contributed by atoms with E-state index in [2.05, 4.69) is 24.3 Å². The van der Waals surface area contributed by atoms with Gasteiger partial charge in [-0.15, -0.1) is 0 Å². The van der Waals surface area contributed by atoms with Crippen LogP contribution in [-0.2, 0) is 16.1 Å². The molecule has 0 saturated carbocycles. The van der Waals surface area contributed by atoms with Gasteiger partial charge in [-0.25, -0.2) is 0 Å². The third-order valence-electron chi connectivity index (χ3n) is 3.29. The topological polar surface area (TPSA) is 18.5 Å². The minimum Gasteiger partial charge on any atom is -0.376 e. The van der Waals surface area contributed by atoms with E-state index in [1.54, 1.807) is 0 Å². The van der Waals surface area contributed by atoms with Crippen molar-refractivity contribution < 1.29 is 9.47 Å². The number of hydrogen-bond acceptors (Lipinski definition) is 2. The van der Waals surface area contributed by atoms with Gasteiger partial charge in [-0.05, 0) is 12.0 Å². The second-order valence-electron chi connectivity index (χ2n) is 4.52. The molecular formula is C14H16O2. The van der Waals surface area contributed by atoms with E-state index in [1.165, 1.54) is 5.56 Å². The van der Waals surface area contributed by atoms with E-state index in [-0.39, 0.29) is 0 Å². The fourth-order valence-electron chi connectivity index (χ4n) is 2.43. The predicted octanol–water partition coefficient (Wildman–Crippen LogP) is 2.55. The van der Waals surface area contributed by atoms with E-state index in [1.807, 2.05) is 18.2 Å². The molecule has 3 atom stereocenters. The maximum Gasteiger partial charge on any atom is 0.0816 e. The first kappa shape index (κ1) is 10.1. The van der Waals surface area contributed by atoms with Crippen LogP contribution in [0.4, 0.5) is 0 Å². The van der Waals surface area contributed by atoms with Crippen LogP contribution in [0.5, 0.6) is 0 Å². The summed E-state index contributed by atoms with van der Waals surface area (Å²) in [4.78, 5) is 0. The fraction of sp³-hybridized carbons (Fsp3) is 0.429. The lowest BCUT2D eigenvalue weighted by molar-refractivity contribution is 0.0556. The van der Waals surface area contributed by atoms with Crippen LogP contribution >= 0.6 is 0 Å². The van der Waals surface area contributed by atoms with Gasteiger partial charge in [0.25, 0.3) is 0 Å². The smallest absolute Gasteiger partial charge is 0.0816 e. The molecule has 2 aliphatic rings. The van der Waals surface area contributed by atoms with Crippen molar-refractivity contribution in [1.29, 1.82) is 0 Å². The Morgan fingerprint density at radius 2 is 2.06 bits per heavy atom. The lowest BCUT2D eigenvalue weighted by atomic mass is 9.95. The van der Waals surface area contributed by atoms with Crippen LogP contribution in [0.3, 0.4) is 0 Å². The van der Waals surface area contributed by atoms with Gasteiger partial charge in [-0.1, -0.05) is 42.5 Å². The van der Waals surface area contributed by atoms with Crippen molar-refractivity contribution in [2.24, 2.45) is 5.92 Å². The van der Waals surface area contributed by atoms with Crippen molar-refractivity contribution in [2.75, 3.05) is 6.61 Å². The van der Waals surface area contributed by atoms with Gasteiger partial charge in [0.2, 0.25) is 0 Å².